The molecule has 2 aliphatic heterocycles. The van der Waals surface area contributed by atoms with E-state index in [9.17, 15) is 35.9 Å². The Kier molecular flexibility index (Phi) is 23.9. The number of amides is 2. The number of alkyl halides is 12. The highest BCUT2D eigenvalue weighted by Gasteiger charge is 2.47. The molecule has 6 aromatic carbocycles. The minimum Gasteiger partial charge on any atom is -0.497 e. The summed E-state index contributed by atoms with van der Waals surface area (Å²) in [5, 5.41) is 24.1. The maximum absolute atomic E-state index is 14.0. The Labute approximate surface area is 541 Å². The number of urea groups is 1. The fourth-order valence-corrected chi connectivity index (χ4v) is 11.7. The third-order valence-electron chi connectivity index (χ3n) is 15.5. The molecule has 6 aromatic rings. The number of nitrogens with two attached hydrogens (primary N) is 1. The molecule has 476 valence electrons. The van der Waals surface area contributed by atoms with Gasteiger partial charge in [0, 0.05) is 59.5 Å². The van der Waals surface area contributed by atoms with E-state index in [1.54, 1.807) is 72.7 Å². The molecule has 10 rings (SSSR count). The molecular formula is C63H62Cl6F6N6O8. The third-order valence-corrected chi connectivity index (χ3v) is 15.9. The van der Waals surface area contributed by atoms with Crippen molar-refractivity contribution in [1.29, 1.82) is 10.5 Å². The normalized spacial score (nSPS) is 14.9. The molecular weight excluding hydrogens is 1300 g/mol. The van der Waals surface area contributed by atoms with Crippen molar-refractivity contribution in [3.05, 3.63) is 154 Å². The quantitative estimate of drug-likeness (QED) is 0.0706. The summed E-state index contributed by atoms with van der Waals surface area (Å²) in [7, 11) is 5.79. The number of nitriles is 2. The van der Waals surface area contributed by atoms with Crippen molar-refractivity contribution in [3.8, 4) is 57.4 Å². The average molecular weight is 1360 g/mol. The van der Waals surface area contributed by atoms with Crippen LogP contribution in [0.3, 0.4) is 0 Å². The van der Waals surface area contributed by atoms with Gasteiger partial charge in [-0.25, -0.2) is 9.59 Å². The van der Waals surface area contributed by atoms with Crippen molar-refractivity contribution in [1.82, 2.24) is 5.32 Å². The second-order valence-electron chi connectivity index (χ2n) is 20.7. The van der Waals surface area contributed by atoms with E-state index < -0.39 is 37.6 Å². The Morgan fingerprint density at radius 2 is 1.07 bits per heavy atom. The van der Waals surface area contributed by atoms with Gasteiger partial charge in [0.15, 0.2) is 0 Å². The number of anilines is 2. The number of rotatable bonds is 9. The van der Waals surface area contributed by atoms with E-state index in [4.69, 9.17) is 105 Å². The van der Waals surface area contributed by atoms with Crippen LogP contribution < -0.4 is 40.2 Å². The highest BCUT2D eigenvalue weighted by atomic mass is 35.6. The fourth-order valence-electron chi connectivity index (χ4n) is 11.4. The van der Waals surface area contributed by atoms with Crippen molar-refractivity contribution in [2.24, 2.45) is 5.73 Å². The van der Waals surface area contributed by atoms with E-state index in [-0.39, 0.29) is 53.5 Å². The summed E-state index contributed by atoms with van der Waals surface area (Å²) in [6.07, 6.45) is -2.08. The SMILES string of the molecule is C.COc1cc(C#N)ccc1CN.COc1ccc(-c2ccc3c(c2)C2(CCCC2)CN3)c(C(F)(F)F)c1.COc1ccc(-c2ccc3c(c2)C2(CCCC2)CN3C(=O)NCc2ccc(C#N)cc2OC)c(C(F)(F)F)c1.O=C(OC(Cl)(Cl)Cl)OC(Cl)(Cl)Cl. The lowest BCUT2D eigenvalue weighted by Crippen LogP contribution is -2.41. The van der Waals surface area contributed by atoms with E-state index in [0.29, 0.717) is 52.5 Å². The molecule has 0 radical (unpaired) electrons. The molecule has 0 atom stereocenters. The molecule has 0 bridgehead atoms. The van der Waals surface area contributed by atoms with Crippen LogP contribution in [-0.4, -0.2) is 61.7 Å². The zero-order chi connectivity index (χ0) is 64.4. The standard InChI is InChI=1S/C30H28F3N3O3.C20H20F3NO.C9H10N2O.C3Cl6O3.CH4/c1-38-22-8-9-23(24(15-22)30(31,32)33)20-7-10-26-25(14-20)29(11-3-4-12-29)18-36(26)28(37)35-17-21-6-5-19(16-34)13-27(21)39-2;1-25-14-5-6-15(16(11-14)20(21,22)23)13-4-7-18-17(10-13)19(12-24-18)8-2-3-9-19;1-12-9-4-7(5-10)2-3-8(9)6-11;4-2(5,6)11-1(10)12-3(7,8)9;/h5-10,13-15H,3-4,11-12,17-18H2,1-2H3,(H,35,37);4-7,10-11,24H,2-3,8-9,12H2,1H3;2-4H,6,11H2,1H3;;1H4. The smallest absolute Gasteiger partial charge is 0.497 e. The highest BCUT2D eigenvalue weighted by Crippen LogP contribution is 2.53. The summed E-state index contributed by atoms with van der Waals surface area (Å²) in [5.74, 6) is 1.54. The summed E-state index contributed by atoms with van der Waals surface area (Å²) >= 11 is 30.2. The van der Waals surface area contributed by atoms with Crippen LogP contribution in [0.1, 0.15) is 103 Å². The number of nitrogens with one attached hydrogen (secondary N) is 2. The topological polar surface area (TPSA) is 190 Å². The molecule has 0 unspecified atom stereocenters. The van der Waals surface area contributed by atoms with Gasteiger partial charge in [0.25, 0.3) is 0 Å². The lowest BCUT2D eigenvalue weighted by molar-refractivity contribution is -0.138. The van der Waals surface area contributed by atoms with Gasteiger partial charge in [0.2, 0.25) is 0 Å². The van der Waals surface area contributed by atoms with E-state index >= 15 is 0 Å². The number of fused-ring (bicyclic) bond motifs is 4. The predicted molar refractivity (Wildman–Crippen MR) is 333 cm³/mol. The second-order valence-corrected chi connectivity index (χ2v) is 25.1. The third kappa shape index (κ3) is 17.8. The van der Waals surface area contributed by atoms with Crippen LogP contribution in [0.2, 0.25) is 0 Å². The Morgan fingerprint density at radius 1 is 0.607 bits per heavy atom. The number of methoxy groups -OCH3 is 4. The highest BCUT2D eigenvalue weighted by molar-refractivity contribution is 6.67. The Morgan fingerprint density at radius 3 is 1.52 bits per heavy atom. The van der Waals surface area contributed by atoms with Crippen molar-refractivity contribution in [2.75, 3.05) is 51.7 Å². The van der Waals surface area contributed by atoms with Gasteiger partial charge < -0.3 is 44.8 Å². The van der Waals surface area contributed by atoms with Crippen LogP contribution in [0, 0.1) is 22.7 Å². The van der Waals surface area contributed by atoms with Crippen molar-refractivity contribution < 1.29 is 64.4 Å². The number of hydrogen-bond donors (Lipinski definition) is 3. The first kappa shape index (κ1) is 71.2. The van der Waals surface area contributed by atoms with Gasteiger partial charge in [-0.1, -0.05) is 69.5 Å². The molecule has 26 heteroatoms. The first-order chi connectivity index (χ1) is 41.5. The summed E-state index contributed by atoms with van der Waals surface area (Å²) in [4.78, 5) is 25.6. The molecule has 2 amide bonds. The predicted octanol–water partition coefficient (Wildman–Crippen LogP) is 17.9. The van der Waals surface area contributed by atoms with Gasteiger partial charge in [-0.05, 0) is 201 Å². The zero-order valence-electron chi connectivity index (χ0n) is 47.6. The molecule has 4 N–H and O–H groups in total. The lowest BCUT2D eigenvalue weighted by Gasteiger charge is -2.25. The van der Waals surface area contributed by atoms with E-state index in [1.807, 2.05) is 24.3 Å². The largest absolute Gasteiger partial charge is 0.515 e. The maximum Gasteiger partial charge on any atom is 0.515 e. The summed E-state index contributed by atoms with van der Waals surface area (Å²) in [6.45, 7) is 1.98. The molecule has 89 heavy (non-hydrogen) atoms. The molecule has 14 nitrogen and oxygen atoms in total. The monoisotopic (exact) mass is 1350 g/mol. The number of halogens is 12. The zero-order valence-corrected chi connectivity index (χ0v) is 52.1. The number of ether oxygens (including phenoxy) is 6. The van der Waals surface area contributed by atoms with Gasteiger partial charge >= 0.3 is 32.5 Å². The Hall–Kier alpha value is -6.88. The molecule has 2 heterocycles. The minimum atomic E-state index is -4.55. The molecule has 2 fully saturated rings. The number of carbonyl (C=O) groups is 2. The number of carbonyl (C=O) groups excluding carboxylic acids is 2. The van der Waals surface area contributed by atoms with E-state index in [1.165, 1.54) is 57.9 Å². The summed E-state index contributed by atoms with van der Waals surface area (Å²) in [5.41, 5.74) is 11.7. The minimum absolute atomic E-state index is 0. The van der Waals surface area contributed by atoms with Crippen LogP contribution in [0.25, 0.3) is 22.3 Å². The van der Waals surface area contributed by atoms with Crippen LogP contribution in [0.5, 0.6) is 23.0 Å². The molecule has 2 spiro atoms. The fraction of sp³-hybridized carbons (Fsp3) is 0.365. The van der Waals surface area contributed by atoms with Crippen LogP contribution in [0.15, 0.2) is 109 Å². The number of hydrogen-bond acceptors (Lipinski definition) is 12. The first-order valence-electron chi connectivity index (χ1n) is 27.0. The van der Waals surface area contributed by atoms with Crippen LogP contribution in [-0.2, 0) is 45.7 Å². The first-order valence-corrected chi connectivity index (χ1v) is 29.3. The van der Waals surface area contributed by atoms with Gasteiger partial charge in [0.1, 0.15) is 23.0 Å². The van der Waals surface area contributed by atoms with Gasteiger partial charge in [-0.3, -0.25) is 4.90 Å². The van der Waals surface area contributed by atoms with E-state index in [0.717, 1.165) is 79.6 Å². The molecule has 2 aliphatic carbocycles. The van der Waals surface area contributed by atoms with Crippen molar-refractivity contribution in [2.45, 2.75) is 103 Å². The van der Waals surface area contributed by atoms with Gasteiger partial charge in [-0.15, -0.1) is 0 Å². The van der Waals surface area contributed by atoms with Crippen LogP contribution in [0.4, 0.5) is 47.3 Å². The Bertz CT molecular complexity index is 3560. The van der Waals surface area contributed by atoms with Gasteiger partial charge in [0.05, 0.1) is 62.8 Å². The summed E-state index contributed by atoms with van der Waals surface area (Å²) < 4.78 is 107. The number of benzene rings is 6. The second kappa shape index (κ2) is 29.8. The van der Waals surface area contributed by atoms with Crippen molar-refractivity contribution in [3.63, 3.8) is 0 Å². The summed E-state index contributed by atoms with van der Waals surface area (Å²) in [6, 6.07) is 33.1. The average Bonchev–Trinajstić information content (AvgIpc) is 1.69. The molecule has 2 saturated carbocycles. The number of nitrogens with zero attached hydrogens (tertiary/aromatic N) is 3. The Balaban J connectivity index is 0.000000214. The lowest BCUT2D eigenvalue weighted by atomic mass is 9.79. The molecule has 0 saturated heterocycles. The maximum atomic E-state index is 14.0. The van der Waals surface area contributed by atoms with E-state index in [2.05, 4.69) is 26.2 Å². The molecule has 0 aromatic heterocycles. The van der Waals surface area contributed by atoms with Gasteiger partial charge in [-0.2, -0.15) is 36.9 Å². The van der Waals surface area contributed by atoms with Crippen LogP contribution >= 0.6 is 69.6 Å². The van der Waals surface area contributed by atoms with Crippen molar-refractivity contribution >= 4 is 93.2 Å². The molecule has 4 aliphatic rings.